The van der Waals surface area contributed by atoms with Crippen molar-refractivity contribution in [3.8, 4) is 17.1 Å². The number of nitro groups is 1. The van der Waals surface area contributed by atoms with Crippen molar-refractivity contribution < 1.29 is 18.6 Å². The number of rotatable bonds is 7. The minimum atomic E-state index is -0.486. The topological polar surface area (TPSA) is 129 Å². The normalized spacial score (nSPS) is 10.8. The second-order valence-corrected chi connectivity index (χ2v) is 6.92. The number of hydrogen-bond acceptors (Lipinski definition) is 7. The van der Waals surface area contributed by atoms with Crippen molar-refractivity contribution in [3.05, 3.63) is 82.1 Å². The Morgan fingerprint density at radius 1 is 1.19 bits per heavy atom. The standard InChI is InChI=1S/C21H17FN6O4/c1-13-12-18(27(25-13)16-6-8-17(9-7-16)28(30)31)23-19(29)10-11-20-24-21(26-32-20)14-2-4-15(22)5-3-14/h2-9,12H,10-11H2,1H3,(H,23,29). The summed E-state index contributed by atoms with van der Waals surface area (Å²) in [4.78, 5) is 27.0. The maximum Gasteiger partial charge on any atom is 0.269 e. The maximum atomic E-state index is 13.0. The molecule has 1 N–H and O–H groups in total. The van der Waals surface area contributed by atoms with E-state index in [1.165, 1.54) is 28.9 Å². The summed E-state index contributed by atoms with van der Waals surface area (Å²) in [5, 5.41) is 21.8. The molecular weight excluding hydrogens is 419 g/mol. The number of aromatic nitrogens is 4. The van der Waals surface area contributed by atoms with E-state index in [1.807, 2.05) is 0 Å². The summed E-state index contributed by atoms with van der Waals surface area (Å²) in [7, 11) is 0. The molecule has 4 aromatic rings. The molecule has 0 aliphatic heterocycles. The lowest BCUT2D eigenvalue weighted by atomic mass is 10.2. The number of nitro benzene ring substituents is 1. The Bertz CT molecular complexity index is 1260. The number of halogens is 1. The molecule has 2 heterocycles. The monoisotopic (exact) mass is 436 g/mol. The highest BCUT2D eigenvalue weighted by Gasteiger charge is 2.15. The summed E-state index contributed by atoms with van der Waals surface area (Å²) in [5.41, 5.74) is 1.80. The van der Waals surface area contributed by atoms with Gasteiger partial charge in [0, 0.05) is 36.6 Å². The highest BCUT2D eigenvalue weighted by Crippen LogP contribution is 2.21. The number of amides is 1. The first kappa shape index (κ1) is 20.8. The fraction of sp³-hybridized carbons (Fsp3) is 0.143. The van der Waals surface area contributed by atoms with E-state index in [4.69, 9.17) is 4.52 Å². The molecular formula is C21H17FN6O4. The molecule has 0 unspecified atom stereocenters. The molecule has 0 aliphatic carbocycles. The van der Waals surface area contributed by atoms with Gasteiger partial charge >= 0.3 is 0 Å². The molecule has 0 aliphatic rings. The van der Waals surface area contributed by atoms with Crippen LogP contribution in [0.25, 0.3) is 17.1 Å². The van der Waals surface area contributed by atoms with Crippen molar-refractivity contribution in [2.45, 2.75) is 19.8 Å². The lowest BCUT2D eigenvalue weighted by molar-refractivity contribution is -0.384. The van der Waals surface area contributed by atoms with Crippen molar-refractivity contribution in [3.63, 3.8) is 0 Å². The fourth-order valence-electron chi connectivity index (χ4n) is 3.00. The van der Waals surface area contributed by atoms with E-state index in [2.05, 4.69) is 20.6 Å². The third-order valence-electron chi connectivity index (χ3n) is 4.54. The van der Waals surface area contributed by atoms with Crippen LogP contribution in [0.1, 0.15) is 18.0 Å². The number of carbonyl (C=O) groups excluding carboxylic acids is 1. The SMILES string of the molecule is Cc1cc(NC(=O)CCc2nc(-c3ccc(F)cc3)no2)n(-c2ccc([N+](=O)[O-])cc2)n1. The van der Waals surface area contributed by atoms with Gasteiger partial charge in [0.25, 0.3) is 5.69 Å². The van der Waals surface area contributed by atoms with E-state index in [0.717, 1.165) is 0 Å². The number of aryl methyl sites for hydroxylation is 2. The van der Waals surface area contributed by atoms with Crippen LogP contribution in [0.4, 0.5) is 15.9 Å². The molecule has 162 valence electrons. The predicted octanol–water partition coefficient (Wildman–Crippen LogP) is 3.85. The van der Waals surface area contributed by atoms with E-state index < -0.39 is 4.92 Å². The molecule has 0 fully saturated rings. The average Bonchev–Trinajstić information content (AvgIpc) is 3.39. The first-order valence-electron chi connectivity index (χ1n) is 9.59. The summed E-state index contributed by atoms with van der Waals surface area (Å²) in [6, 6.07) is 13.2. The van der Waals surface area contributed by atoms with Crippen LogP contribution in [-0.4, -0.2) is 30.8 Å². The third kappa shape index (κ3) is 4.67. The van der Waals surface area contributed by atoms with Gasteiger partial charge in [-0.15, -0.1) is 0 Å². The Morgan fingerprint density at radius 3 is 2.59 bits per heavy atom. The van der Waals surface area contributed by atoms with E-state index in [0.29, 0.717) is 28.6 Å². The summed E-state index contributed by atoms with van der Waals surface area (Å²) < 4.78 is 19.7. The van der Waals surface area contributed by atoms with Gasteiger partial charge in [-0.3, -0.25) is 14.9 Å². The molecule has 2 aromatic carbocycles. The van der Waals surface area contributed by atoms with E-state index >= 15 is 0 Å². The smallest absolute Gasteiger partial charge is 0.269 e. The summed E-state index contributed by atoms with van der Waals surface area (Å²) in [6.07, 6.45) is 0.292. The van der Waals surface area contributed by atoms with Gasteiger partial charge in [0.05, 0.1) is 16.3 Å². The zero-order valence-corrected chi connectivity index (χ0v) is 16.9. The van der Waals surface area contributed by atoms with Crippen molar-refractivity contribution in [1.29, 1.82) is 0 Å². The van der Waals surface area contributed by atoms with Crippen LogP contribution in [0, 0.1) is 22.9 Å². The first-order chi connectivity index (χ1) is 15.4. The Morgan fingerprint density at radius 2 is 1.91 bits per heavy atom. The van der Waals surface area contributed by atoms with Gasteiger partial charge in [0.15, 0.2) is 0 Å². The molecule has 0 saturated heterocycles. The summed E-state index contributed by atoms with van der Waals surface area (Å²) in [6.45, 7) is 1.77. The second kappa shape index (κ2) is 8.76. The number of benzene rings is 2. The fourth-order valence-corrected chi connectivity index (χ4v) is 3.00. The molecule has 0 spiro atoms. The molecule has 0 radical (unpaired) electrons. The number of nitrogens with one attached hydrogen (secondary N) is 1. The molecule has 2 aromatic heterocycles. The lowest BCUT2D eigenvalue weighted by Gasteiger charge is -2.08. The quantitative estimate of drug-likeness (QED) is 0.344. The van der Waals surface area contributed by atoms with Crippen molar-refractivity contribution in [2.24, 2.45) is 0 Å². The lowest BCUT2D eigenvalue weighted by Crippen LogP contribution is -2.15. The van der Waals surface area contributed by atoms with Crippen LogP contribution in [0.15, 0.2) is 59.1 Å². The molecule has 0 bridgehead atoms. The van der Waals surface area contributed by atoms with E-state index in [1.54, 1.807) is 37.3 Å². The molecule has 1 amide bonds. The predicted molar refractivity (Wildman–Crippen MR) is 112 cm³/mol. The van der Waals surface area contributed by atoms with Gasteiger partial charge in [0.1, 0.15) is 11.6 Å². The van der Waals surface area contributed by atoms with Gasteiger partial charge in [-0.05, 0) is 43.3 Å². The van der Waals surface area contributed by atoms with Crippen LogP contribution in [0.2, 0.25) is 0 Å². The maximum absolute atomic E-state index is 13.0. The Hall–Kier alpha value is -4.41. The zero-order valence-electron chi connectivity index (χ0n) is 16.9. The molecule has 11 heteroatoms. The van der Waals surface area contributed by atoms with Crippen molar-refractivity contribution in [2.75, 3.05) is 5.32 Å². The minimum absolute atomic E-state index is 0.0391. The third-order valence-corrected chi connectivity index (χ3v) is 4.54. The van der Waals surface area contributed by atoms with E-state index in [-0.39, 0.29) is 36.1 Å². The van der Waals surface area contributed by atoms with Crippen LogP contribution in [0.5, 0.6) is 0 Å². The van der Waals surface area contributed by atoms with E-state index in [9.17, 15) is 19.3 Å². The molecule has 0 saturated carbocycles. The second-order valence-electron chi connectivity index (χ2n) is 6.92. The number of nitrogens with zero attached hydrogens (tertiary/aromatic N) is 5. The molecule has 0 atom stereocenters. The Balaban J connectivity index is 1.41. The average molecular weight is 436 g/mol. The van der Waals surface area contributed by atoms with Gasteiger partial charge in [-0.2, -0.15) is 10.1 Å². The number of anilines is 1. The van der Waals surface area contributed by atoms with Crippen LogP contribution >= 0.6 is 0 Å². The van der Waals surface area contributed by atoms with Crippen LogP contribution in [-0.2, 0) is 11.2 Å². The van der Waals surface area contributed by atoms with Crippen molar-refractivity contribution in [1.82, 2.24) is 19.9 Å². The van der Waals surface area contributed by atoms with Gasteiger partial charge in [-0.1, -0.05) is 5.16 Å². The molecule has 4 rings (SSSR count). The highest BCUT2D eigenvalue weighted by atomic mass is 19.1. The summed E-state index contributed by atoms with van der Waals surface area (Å²) >= 11 is 0. The van der Waals surface area contributed by atoms with Crippen LogP contribution < -0.4 is 5.32 Å². The first-order valence-corrected chi connectivity index (χ1v) is 9.59. The Labute approximate surface area is 180 Å². The molecule has 10 nitrogen and oxygen atoms in total. The van der Waals surface area contributed by atoms with Crippen molar-refractivity contribution >= 4 is 17.4 Å². The number of hydrogen-bond donors (Lipinski definition) is 1. The Kier molecular flexibility index (Phi) is 5.71. The zero-order chi connectivity index (χ0) is 22.7. The van der Waals surface area contributed by atoms with Gasteiger partial charge < -0.3 is 9.84 Å². The van der Waals surface area contributed by atoms with Crippen LogP contribution in [0.3, 0.4) is 0 Å². The molecule has 32 heavy (non-hydrogen) atoms. The largest absolute Gasteiger partial charge is 0.339 e. The van der Waals surface area contributed by atoms with Gasteiger partial charge in [0.2, 0.25) is 17.6 Å². The number of non-ortho nitro benzene ring substituents is 1. The minimum Gasteiger partial charge on any atom is -0.339 e. The number of carbonyl (C=O) groups is 1. The summed E-state index contributed by atoms with van der Waals surface area (Å²) in [5.74, 6) is 0.359. The highest BCUT2D eigenvalue weighted by molar-refractivity contribution is 5.90. The van der Waals surface area contributed by atoms with Gasteiger partial charge in [-0.25, -0.2) is 9.07 Å².